The third kappa shape index (κ3) is 2.29. The van der Waals surface area contributed by atoms with Crippen molar-refractivity contribution < 1.29 is 9.59 Å². The summed E-state index contributed by atoms with van der Waals surface area (Å²) in [6.45, 7) is 1.46. The minimum absolute atomic E-state index is 0.0279. The van der Waals surface area contributed by atoms with Gasteiger partial charge in [-0.1, -0.05) is 0 Å². The van der Waals surface area contributed by atoms with Gasteiger partial charge in [0, 0.05) is 31.6 Å². The van der Waals surface area contributed by atoms with Crippen molar-refractivity contribution in [3.8, 4) is 0 Å². The Labute approximate surface area is 101 Å². The predicted octanol–water partition coefficient (Wildman–Crippen LogP) is -0.382. The second-order valence-electron chi connectivity index (χ2n) is 5.31. The number of hydrogen-bond acceptors (Lipinski definition) is 3. The molecule has 5 heteroatoms. The smallest absolute Gasteiger partial charge is 0.240 e. The van der Waals surface area contributed by atoms with Gasteiger partial charge in [-0.25, -0.2) is 0 Å². The molecular formula is C12H19N3O2. The summed E-state index contributed by atoms with van der Waals surface area (Å²) in [6.07, 6.45) is 4.70. The van der Waals surface area contributed by atoms with Crippen LogP contribution >= 0.6 is 0 Å². The second kappa shape index (κ2) is 4.29. The lowest BCUT2D eigenvalue weighted by atomic mass is 10.1. The van der Waals surface area contributed by atoms with E-state index in [1.807, 2.05) is 4.90 Å². The van der Waals surface area contributed by atoms with Crippen LogP contribution in [-0.2, 0) is 9.59 Å². The molecule has 2 heterocycles. The van der Waals surface area contributed by atoms with E-state index in [2.05, 4.69) is 10.6 Å². The lowest BCUT2D eigenvalue weighted by molar-refractivity contribution is -0.134. The van der Waals surface area contributed by atoms with Crippen LogP contribution in [0, 0.1) is 0 Å². The topological polar surface area (TPSA) is 61.4 Å². The van der Waals surface area contributed by atoms with E-state index in [9.17, 15) is 9.59 Å². The van der Waals surface area contributed by atoms with E-state index in [1.165, 1.54) is 12.8 Å². The zero-order chi connectivity index (χ0) is 11.8. The Morgan fingerprint density at radius 2 is 2.00 bits per heavy atom. The minimum atomic E-state index is 0.0279. The van der Waals surface area contributed by atoms with E-state index in [0.29, 0.717) is 19.0 Å². The molecule has 2 atom stereocenters. The molecule has 2 N–H and O–H groups in total. The summed E-state index contributed by atoms with van der Waals surface area (Å²) in [5.41, 5.74) is 0. The Hall–Kier alpha value is -1.10. The normalized spacial score (nSPS) is 34.0. The quantitative estimate of drug-likeness (QED) is 0.703. The first-order valence-corrected chi connectivity index (χ1v) is 6.57. The lowest BCUT2D eigenvalue weighted by Gasteiger charge is -2.31. The minimum Gasteiger partial charge on any atom is -0.354 e. The molecule has 0 aromatic carbocycles. The van der Waals surface area contributed by atoms with Crippen molar-refractivity contribution in [3.05, 3.63) is 0 Å². The van der Waals surface area contributed by atoms with Gasteiger partial charge < -0.3 is 15.5 Å². The van der Waals surface area contributed by atoms with Gasteiger partial charge in [-0.15, -0.1) is 0 Å². The summed E-state index contributed by atoms with van der Waals surface area (Å²) < 4.78 is 0. The average molecular weight is 237 g/mol. The number of carbonyl (C=O) groups excluding carboxylic acids is 2. The molecule has 2 amide bonds. The van der Waals surface area contributed by atoms with Gasteiger partial charge in [-0.3, -0.25) is 9.59 Å². The van der Waals surface area contributed by atoms with Crippen LogP contribution in [-0.4, -0.2) is 47.9 Å². The number of rotatable bonds is 3. The maximum atomic E-state index is 12.2. The highest BCUT2D eigenvalue weighted by Gasteiger charge is 2.39. The van der Waals surface area contributed by atoms with E-state index in [1.54, 1.807) is 0 Å². The summed E-state index contributed by atoms with van der Waals surface area (Å²) in [5, 5.41) is 6.25. The molecule has 1 aliphatic carbocycles. The summed E-state index contributed by atoms with van der Waals surface area (Å²) >= 11 is 0. The molecular weight excluding hydrogens is 218 g/mol. The van der Waals surface area contributed by atoms with Crippen molar-refractivity contribution >= 4 is 11.8 Å². The number of amides is 2. The first kappa shape index (κ1) is 11.0. The molecule has 3 aliphatic rings. The lowest BCUT2D eigenvalue weighted by Crippen LogP contribution is -2.50. The number of likely N-dealkylation sites (tertiary alicyclic amines) is 1. The third-order valence-electron chi connectivity index (χ3n) is 3.93. The monoisotopic (exact) mass is 237 g/mol. The van der Waals surface area contributed by atoms with Gasteiger partial charge >= 0.3 is 0 Å². The molecule has 3 fully saturated rings. The Balaban J connectivity index is 1.57. The molecule has 2 saturated heterocycles. The number of piperidine rings is 1. The van der Waals surface area contributed by atoms with E-state index in [4.69, 9.17) is 0 Å². The maximum Gasteiger partial charge on any atom is 0.240 e. The van der Waals surface area contributed by atoms with Crippen LogP contribution in [0.4, 0.5) is 0 Å². The summed E-state index contributed by atoms with van der Waals surface area (Å²) in [6, 6.07) is 0.821. The Bertz CT molecular complexity index is 331. The van der Waals surface area contributed by atoms with E-state index in [0.717, 1.165) is 19.4 Å². The number of nitrogens with one attached hydrogen (secondary N) is 2. The molecule has 0 radical (unpaired) electrons. The molecule has 3 rings (SSSR count). The fraction of sp³-hybridized carbons (Fsp3) is 0.833. The predicted molar refractivity (Wildman–Crippen MR) is 62.3 cm³/mol. The van der Waals surface area contributed by atoms with Crippen molar-refractivity contribution in [2.24, 2.45) is 0 Å². The average Bonchev–Trinajstić information content (AvgIpc) is 3.07. The van der Waals surface area contributed by atoms with Crippen LogP contribution in [0.5, 0.6) is 0 Å². The first-order valence-electron chi connectivity index (χ1n) is 6.57. The molecule has 94 valence electrons. The van der Waals surface area contributed by atoms with E-state index in [-0.39, 0.29) is 23.9 Å². The van der Waals surface area contributed by atoms with Gasteiger partial charge in [0.05, 0.1) is 6.04 Å². The third-order valence-corrected chi connectivity index (χ3v) is 3.93. The summed E-state index contributed by atoms with van der Waals surface area (Å²) in [7, 11) is 0. The van der Waals surface area contributed by atoms with E-state index >= 15 is 0 Å². The number of carbonyl (C=O) groups is 2. The summed E-state index contributed by atoms with van der Waals surface area (Å²) in [4.78, 5) is 25.3. The fourth-order valence-corrected chi connectivity index (χ4v) is 2.74. The molecule has 2 aliphatic heterocycles. The molecule has 2 unspecified atom stereocenters. The standard InChI is InChI=1S/C12H19N3O2/c16-11-4-3-9(7-13-11)15-6-5-10(12(15)17)14-8-1-2-8/h8-10,14H,1-7H2,(H,13,16). The maximum absolute atomic E-state index is 12.2. The molecule has 1 saturated carbocycles. The zero-order valence-electron chi connectivity index (χ0n) is 9.95. The van der Waals surface area contributed by atoms with Crippen molar-refractivity contribution in [2.45, 2.75) is 50.2 Å². The van der Waals surface area contributed by atoms with Crippen molar-refractivity contribution in [1.29, 1.82) is 0 Å². The molecule has 5 nitrogen and oxygen atoms in total. The van der Waals surface area contributed by atoms with Crippen LogP contribution in [0.3, 0.4) is 0 Å². The molecule has 0 aromatic heterocycles. The van der Waals surface area contributed by atoms with Crippen LogP contribution in [0.15, 0.2) is 0 Å². The first-order chi connectivity index (χ1) is 8.24. The Morgan fingerprint density at radius 1 is 1.18 bits per heavy atom. The molecule has 0 spiro atoms. The highest BCUT2D eigenvalue weighted by Crippen LogP contribution is 2.24. The van der Waals surface area contributed by atoms with Crippen LogP contribution in [0.1, 0.15) is 32.1 Å². The molecule has 0 bridgehead atoms. The van der Waals surface area contributed by atoms with Crippen molar-refractivity contribution in [3.63, 3.8) is 0 Å². The van der Waals surface area contributed by atoms with Gasteiger partial charge in [0.2, 0.25) is 11.8 Å². The van der Waals surface area contributed by atoms with Crippen molar-refractivity contribution in [2.75, 3.05) is 13.1 Å². The van der Waals surface area contributed by atoms with E-state index < -0.39 is 0 Å². The number of hydrogen-bond donors (Lipinski definition) is 2. The highest BCUT2D eigenvalue weighted by atomic mass is 16.2. The second-order valence-corrected chi connectivity index (χ2v) is 5.31. The van der Waals surface area contributed by atoms with Gasteiger partial charge in [-0.05, 0) is 25.7 Å². The fourth-order valence-electron chi connectivity index (χ4n) is 2.74. The van der Waals surface area contributed by atoms with Gasteiger partial charge in [-0.2, -0.15) is 0 Å². The van der Waals surface area contributed by atoms with Gasteiger partial charge in [0.25, 0.3) is 0 Å². The molecule has 17 heavy (non-hydrogen) atoms. The van der Waals surface area contributed by atoms with Gasteiger partial charge in [0.1, 0.15) is 0 Å². The molecule has 0 aromatic rings. The van der Waals surface area contributed by atoms with Gasteiger partial charge in [0.15, 0.2) is 0 Å². The van der Waals surface area contributed by atoms with Crippen LogP contribution in [0.2, 0.25) is 0 Å². The van der Waals surface area contributed by atoms with Crippen LogP contribution < -0.4 is 10.6 Å². The zero-order valence-corrected chi connectivity index (χ0v) is 9.95. The van der Waals surface area contributed by atoms with Crippen molar-refractivity contribution in [1.82, 2.24) is 15.5 Å². The highest BCUT2D eigenvalue weighted by molar-refractivity contribution is 5.85. The van der Waals surface area contributed by atoms with Crippen LogP contribution in [0.25, 0.3) is 0 Å². The Morgan fingerprint density at radius 3 is 2.65 bits per heavy atom. The SMILES string of the molecule is O=C1CCC(N2CCC(NC3CC3)C2=O)CN1. The Kier molecular flexibility index (Phi) is 2.78. The largest absolute Gasteiger partial charge is 0.354 e. The number of nitrogens with zero attached hydrogens (tertiary/aromatic N) is 1. The summed E-state index contributed by atoms with van der Waals surface area (Å²) in [5.74, 6) is 0.346.